The van der Waals surface area contributed by atoms with Gasteiger partial charge in [-0.05, 0) is 24.1 Å². The Morgan fingerprint density at radius 3 is 2.94 bits per heavy atom. The van der Waals surface area contributed by atoms with Crippen LogP contribution in [0.2, 0.25) is 0 Å². The molecule has 4 nitrogen and oxygen atoms in total. The number of nitrogens with one attached hydrogen (secondary N) is 1. The summed E-state index contributed by atoms with van der Waals surface area (Å²) in [4.78, 5) is 11.0. The minimum absolute atomic E-state index is 0.0430. The summed E-state index contributed by atoms with van der Waals surface area (Å²) in [6.45, 7) is -1.14. The predicted molar refractivity (Wildman–Crippen MR) is 61.9 cm³/mol. The summed E-state index contributed by atoms with van der Waals surface area (Å²) in [5.41, 5.74) is 0.202. The Morgan fingerprint density at radius 1 is 1.50 bits per heavy atom. The molecule has 0 aliphatic carbocycles. The van der Waals surface area contributed by atoms with Crippen molar-refractivity contribution in [2.75, 3.05) is 20.6 Å². The monoisotopic (exact) mass is 229 g/mol. The van der Waals surface area contributed by atoms with Gasteiger partial charge in [0, 0.05) is 17.5 Å². The number of carbonyl (C=O) groups excluding carboxylic acids is 1. The van der Waals surface area contributed by atoms with Crippen molar-refractivity contribution in [3.63, 3.8) is 0 Å². The van der Waals surface area contributed by atoms with E-state index in [1.807, 2.05) is 0 Å². The van der Waals surface area contributed by atoms with E-state index in [2.05, 4.69) is 5.32 Å². The van der Waals surface area contributed by atoms with Gasteiger partial charge in [0.05, 0.1) is 18.3 Å². The lowest BCUT2D eigenvalue weighted by Crippen LogP contribution is -2.22. The van der Waals surface area contributed by atoms with E-state index in [-0.39, 0.29) is 17.1 Å². The van der Waals surface area contributed by atoms with Crippen LogP contribution in [0.15, 0.2) is 18.2 Å². The van der Waals surface area contributed by atoms with Gasteiger partial charge in [-0.3, -0.25) is 4.79 Å². The highest BCUT2D eigenvalue weighted by Crippen LogP contribution is 2.27. The first-order valence-electron chi connectivity index (χ1n) is 7.62. The van der Waals surface area contributed by atoms with Gasteiger partial charge in [0.2, 0.25) is 5.91 Å². The minimum Gasteiger partial charge on any atom is -0.493 e. The molecule has 0 heterocycles. The van der Waals surface area contributed by atoms with Crippen LogP contribution < -0.4 is 14.8 Å². The summed E-state index contributed by atoms with van der Waals surface area (Å²) in [7, 11) is -1.35. The fourth-order valence-electron chi connectivity index (χ4n) is 1.08. The Morgan fingerprint density at radius 2 is 2.31 bits per heavy atom. The first-order valence-corrected chi connectivity index (χ1v) is 4.54. The third-order valence-corrected chi connectivity index (χ3v) is 1.78. The van der Waals surface area contributed by atoms with E-state index in [9.17, 15) is 4.79 Å². The summed E-state index contributed by atoms with van der Waals surface area (Å²) in [5.74, 6) is -0.584. The predicted octanol–water partition coefficient (Wildman–Crippen LogP) is 1.38. The van der Waals surface area contributed by atoms with E-state index in [1.54, 1.807) is 0 Å². The number of aryl methyl sites for hydroxylation is 1. The van der Waals surface area contributed by atoms with Crippen molar-refractivity contribution < 1.29 is 22.5 Å². The number of carbonyl (C=O) groups is 1. The lowest BCUT2D eigenvalue weighted by atomic mass is 10.1. The second-order valence-corrected chi connectivity index (χ2v) is 2.98. The molecule has 0 spiro atoms. The molecular formula is C12H17NO3. The smallest absolute Gasteiger partial charge is 0.216 e. The zero-order valence-electron chi connectivity index (χ0n) is 15.0. The molecule has 1 unspecified atom stereocenters. The van der Waals surface area contributed by atoms with Gasteiger partial charge < -0.3 is 14.8 Å². The van der Waals surface area contributed by atoms with Crippen LogP contribution in [0.1, 0.15) is 20.7 Å². The van der Waals surface area contributed by atoms with Gasteiger partial charge in [-0.25, -0.2) is 0 Å². The SMILES string of the molecule is [2H]C(c1ccc(OC([2H])([2H])[2H])c(OC)c1)C([2H])([2H])NC(C)=O. The van der Waals surface area contributed by atoms with Crippen LogP contribution in [0.3, 0.4) is 0 Å². The highest BCUT2D eigenvalue weighted by Gasteiger charge is 2.04. The van der Waals surface area contributed by atoms with Crippen LogP contribution in [0.4, 0.5) is 0 Å². The normalized spacial score (nSPS) is 18.9. The second kappa shape index (κ2) is 6.00. The topological polar surface area (TPSA) is 47.6 Å². The summed E-state index contributed by atoms with van der Waals surface area (Å²) < 4.78 is 54.3. The van der Waals surface area contributed by atoms with Crippen molar-refractivity contribution >= 4 is 5.91 Å². The molecule has 0 bridgehead atoms. The van der Waals surface area contributed by atoms with Crippen molar-refractivity contribution in [2.45, 2.75) is 13.3 Å². The minimum atomic E-state index is -2.65. The highest BCUT2D eigenvalue weighted by atomic mass is 16.5. The first-order chi connectivity index (χ1) is 9.96. The van der Waals surface area contributed by atoms with Crippen molar-refractivity contribution in [3.8, 4) is 11.5 Å². The zero-order valence-corrected chi connectivity index (χ0v) is 9.03. The average Bonchev–Trinajstić information content (AvgIpc) is 2.35. The third kappa shape index (κ3) is 3.46. The van der Waals surface area contributed by atoms with Gasteiger partial charge in [0.25, 0.3) is 0 Å². The maximum atomic E-state index is 11.0. The fraction of sp³-hybridized carbons (Fsp3) is 0.417. The molecule has 16 heavy (non-hydrogen) atoms. The van der Waals surface area contributed by atoms with Crippen molar-refractivity contribution in [1.82, 2.24) is 5.32 Å². The molecule has 1 amide bonds. The summed E-state index contributed by atoms with van der Waals surface area (Å²) in [6, 6.07) is 3.94. The second-order valence-electron chi connectivity index (χ2n) is 2.98. The first kappa shape index (κ1) is 6.13. The van der Waals surface area contributed by atoms with Gasteiger partial charge in [0.1, 0.15) is 0 Å². The fourth-order valence-corrected chi connectivity index (χ4v) is 1.08. The van der Waals surface area contributed by atoms with Crippen LogP contribution >= 0.6 is 0 Å². The van der Waals surface area contributed by atoms with Gasteiger partial charge in [-0.1, -0.05) is 6.07 Å². The van der Waals surface area contributed by atoms with E-state index in [0.717, 1.165) is 6.92 Å². The lowest BCUT2D eigenvalue weighted by molar-refractivity contribution is -0.118. The Kier molecular flexibility index (Phi) is 2.30. The summed E-state index contributed by atoms with van der Waals surface area (Å²) in [5, 5.41) is 2.05. The van der Waals surface area contributed by atoms with Crippen LogP contribution in [0, 0.1) is 0 Å². The standard InChI is InChI=1S/C12H17NO3/c1-9(14)13-7-6-10-4-5-11(15-2)12(8-10)16-3/h4-5,8H,6-7H2,1-3H3,(H,13,14)/i2D3,6D,7D2. The van der Waals surface area contributed by atoms with Gasteiger partial charge in [-0.15, -0.1) is 0 Å². The molecule has 0 saturated carbocycles. The number of hydrogen-bond acceptors (Lipinski definition) is 3. The van der Waals surface area contributed by atoms with E-state index in [0.29, 0.717) is 0 Å². The van der Waals surface area contributed by atoms with Crippen LogP contribution in [0.25, 0.3) is 0 Å². The molecule has 1 rings (SSSR count). The maximum Gasteiger partial charge on any atom is 0.216 e. The quantitative estimate of drug-likeness (QED) is 0.830. The molecule has 1 aromatic rings. The molecule has 0 aliphatic heterocycles. The Hall–Kier alpha value is -1.71. The number of hydrogen-bond donors (Lipinski definition) is 1. The van der Waals surface area contributed by atoms with E-state index >= 15 is 0 Å². The molecule has 0 fully saturated rings. The van der Waals surface area contributed by atoms with Gasteiger partial charge in [0.15, 0.2) is 11.5 Å². The van der Waals surface area contributed by atoms with E-state index in [1.165, 1.54) is 25.3 Å². The molecular weight excluding hydrogens is 206 g/mol. The van der Waals surface area contributed by atoms with Gasteiger partial charge in [-0.2, -0.15) is 0 Å². The van der Waals surface area contributed by atoms with E-state index < -0.39 is 25.8 Å². The molecule has 0 saturated heterocycles. The Labute approximate surface area is 104 Å². The van der Waals surface area contributed by atoms with Crippen LogP contribution in [-0.4, -0.2) is 26.6 Å². The van der Waals surface area contributed by atoms with Crippen LogP contribution in [0.5, 0.6) is 11.5 Å². The van der Waals surface area contributed by atoms with E-state index in [4.69, 9.17) is 17.7 Å². The molecule has 0 aromatic heterocycles. The molecule has 0 aliphatic rings. The summed E-state index contributed by atoms with van der Waals surface area (Å²) in [6.07, 6.45) is -1.42. The largest absolute Gasteiger partial charge is 0.493 e. The third-order valence-electron chi connectivity index (χ3n) is 1.78. The lowest BCUT2D eigenvalue weighted by Gasteiger charge is -2.09. The molecule has 88 valence electrons. The number of methoxy groups -OCH3 is 2. The zero-order chi connectivity index (χ0) is 17.1. The van der Waals surface area contributed by atoms with Crippen molar-refractivity contribution in [3.05, 3.63) is 23.8 Å². The van der Waals surface area contributed by atoms with Crippen molar-refractivity contribution in [1.29, 1.82) is 0 Å². The number of amides is 1. The number of rotatable bonds is 5. The Balaban J connectivity index is 3.09. The number of ether oxygens (including phenoxy) is 2. The van der Waals surface area contributed by atoms with Crippen LogP contribution in [-0.2, 0) is 11.2 Å². The molecule has 1 N–H and O–H groups in total. The summed E-state index contributed by atoms with van der Waals surface area (Å²) >= 11 is 0. The number of benzene rings is 1. The average molecular weight is 229 g/mol. The molecule has 1 aromatic carbocycles. The van der Waals surface area contributed by atoms with Gasteiger partial charge >= 0.3 is 0 Å². The molecule has 0 radical (unpaired) electrons. The molecule has 1 atom stereocenters. The highest BCUT2D eigenvalue weighted by molar-refractivity contribution is 5.72. The maximum absolute atomic E-state index is 11.0. The Bertz CT molecular complexity index is 546. The molecule has 4 heteroatoms. The van der Waals surface area contributed by atoms with Crippen molar-refractivity contribution in [2.24, 2.45) is 0 Å².